The lowest BCUT2D eigenvalue weighted by Crippen LogP contribution is -2.33. The number of carbonyl (C=O) groups is 2. The van der Waals surface area contributed by atoms with Gasteiger partial charge in [-0.25, -0.2) is 0 Å². The Morgan fingerprint density at radius 2 is 2.06 bits per heavy atom. The fourth-order valence-electron chi connectivity index (χ4n) is 1.30. The average molecular weight is 300 g/mol. The van der Waals surface area contributed by atoms with Crippen molar-refractivity contribution in [3.8, 4) is 5.75 Å². The molecule has 0 heterocycles. The fourth-order valence-corrected chi connectivity index (χ4v) is 1.61. The molecule has 0 bridgehead atoms. The minimum absolute atomic E-state index is 0.302. The van der Waals surface area contributed by atoms with Crippen LogP contribution in [0.5, 0.6) is 5.75 Å². The van der Waals surface area contributed by atoms with Crippen LogP contribution in [0.25, 0.3) is 0 Å². The summed E-state index contributed by atoms with van der Waals surface area (Å²) >= 11 is 3.00. The predicted molar refractivity (Wildman–Crippen MR) is 69.8 cm³/mol. The standard InChI is InChI=1S/C12H14BrNO3/c1-3-17-10-6-4-9(5-7-10)14(2)12(16)11(13)8-15/h4-8,11H,3H2,1-2H3. The zero-order chi connectivity index (χ0) is 12.8. The Bertz CT molecular complexity index is 391. The van der Waals surface area contributed by atoms with Crippen LogP contribution in [-0.4, -0.2) is 30.7 Å². The number of nitrogens with zero attached hydrogens (tertiary/aromatic N) is 1. The number of hydrogen-bond acceptors (Lipinski definition) is 3. The van der Waals surface area contributed by atoms with Crippen molar-refractivity contribution in [2.24, 2.45) is 0 Å². The molecule has 0 spiro atoms. The van der Waals surface area contributed by atoms with E-state index in [1.54, 1.807) is 31.3 Å². The Balaban J connectivity index is 2.78. The first-order valence-corrected chi connectivity index (χ1v) is 6.11. The van der Waals surface area contributed by atoms with Crippen LogP contribution in [0, 0.1) is 0 Å². The molecule has 1 aromatic rings. The number of aldehydes is 1. The Labute approximate surface area is 109 Å². The molecular formula is C12H14BrNO3. The number of halogens is 1. The Morgan fingerprint density at radius 1 is 1.47 bits per heavy atom. The molecule has 1 unspecified atom stereocenters. The molecule has 0 aliphatic heterocycles. The third-order valence-corrected chi connectivity index (χ3v) is 2.83. The third-order valence-electron chi connectivity index (χ3n) is 2.22. The molecule has 0 radical (unpaired) electrons. The number of amides is 1. The van der Waals surface area contributed by atoms with Crippen molar-refractivity contribution in [2.75, 3.05) is 18.6 Å². The Hall–Kier alpha value is -1.36. The molecule has 17 heavy (non-hydrogen) atoms. The number of rotatable bonds is 5. The minimum atomic E-state index is -0.806. The number of hydrogen-bond donors (Lipinski definition) is 0. The number of anilines is 1. The molecular weight excluding hydrogens is 286 g/mol. The molecule has 4 nitrogen and oxygen atoms in total. The maximum absolute atomic E-state index is 11.7. The summed E-state index contributed by atoms with van der Waals surface area (Å²) in [5, 5.41) is 0. The van der Waals surface area contributed by atoms with Crippen molar-refractivity contribution in [1.82, 2.24) is 0 Å². The molecule has 1 atom stereocenters. The van der Waals surface area contributed by atoms with Gasteiger partial charge in [0.1, 0.15) is 16.9 Å². The first-order chi connectivity index (χ1) is 8.10. The molecule has 0 N–H and O–H groups in total. The maximum Gasteiger partial charge on any atom is 0.247 e. The molecule has 0 aromatic heterocycles. The number of carbonyl (C=O) groups excluding carboxylic acids is 2. The van der Waals surface area contributed by atoms with Gasteiger partial charge < -0.3 is 14.4 Å². The van der Waals surface area contributed by atoms with E-state index in [4.69, 9.17) is 4.74 Å². The molecule has 0 aliphatic carbocycles. The lowest BCUT2D eigenvalue weighted by molar-refractivity contribution is -0.120. The topological polar surface area (TPSA) is 46.6 Å². The highest BCUT2D eigenvalue weighted by Gasteiger charge is 2.19. The predicted octanol–water partition coefficient (Wildman–Crippen LogP) is 2.01. The summed E-state index contributed by atoms with van der Waals surface area (Å²) in [4.78, 5) is 22.8. The summed E-state index contributed by atoms with van der Waals surface area (Å²) in [6, 6.07) is 7.11. The number of benzene rings is 1. The van der Waals surface area contributed by atoms with Crippen molar-refractivity contribution in [1.29, 1.82) is 0 Å². The molecule has 5 heteroatoms. The van der Waals surface area contributed by atoms with E-state index in [0.717, 1.165) is 5.75 Å². The van der Waals surface area contributed by atoms with E-state index in [0.29, 0.717) is 18.6 Å². The normalized spacial score (nSPS) is 11.7. The summed E-state index contributed by atoms with van der Waals surface area (Å²) in [5.41, 5.74) is 0.713. The van der Waals surface area contributed by atoms with Gasteiger partial charge in [0.05, 0.1) is 6.61 Å². The summed E-state index contributed by atoms with van der Waals surface area (Å²) in [6.07, 6.45) is 0.563. The van der Waals surface area contributed by atoms with Crippen LogP contribution in [0.1, 0.15) is 6.92 Å². The van der Waals surface area contributed by atoms with Crippen LogP contribution in [0.3, 0.4) is 0 Å². The van der Waals surface area contributed by atoms with Crippen molar-refractivity contribution in [3.63, 3.8) is 0 Å². The Morgan fingerprint density at radius 3 is 2.53 bits per heavy atom. The van der Waals surface area contributed by atoms with E-state index in [9.17, 15) is 9.59 Å². The maximum atomic E-state index is 11.7. The van der Waals surface area contributed by atoms with Gasteiger partial charge >= 0.3 is 0 Å². The molecule has 0 aliphatic rings. The van der Waals surface area contributed by atoms with Gasteiger partial charge in [-0.3, -0.25) is 4.79 Å². The van der Waals surface area contributed by atoms with Gasteiger partial charge in [-0.2, -0.15) is 0 Å². The second kappa shape index (κ2) is 6.39. The van der Waals surface area contributed by atoms with Gasteiger partial charge in [0.2, 0.25) is 5.91 Å². The first-order valence-electron chi connectivity index (χ1n) is 5.20. The quantitative estimate of drug-likeness (QED) is 0.475. The van der Waals surface area contributed by atoms with E-state index in [1.165, 1.54) is 4.90 Å². The van der Waals surface area contributed by atoms with E-state index in [2.05, 4.69) is 15.9 Å². The SMILES string of the molecule is CCOc1ccc(N(C)C(=O)C(Br)C=O)cc1. The summed E-state index contributed by atoms with van der Waals surface area (Å²) in [6.45, 7) is 2.51. The minimum Gasteiger partial charge on any atom is -0.494 e. The lowest BCUT2D eigenvalue weighted by atomic mass is 10.2. The highest BCUT2D eigenvalue weighted by atomic mass is 79.9. The van der Waals surface area contributed by atoms with Crippen molar-refractivity contribution >= 4 is 33.8 Å². The number of ether oxygens (including phenoxy) is 1. The van der Waals surface area contributed by atoms with Crippen LogP contribution in [-0.2, 0) is 9.59 Å². The van der Waals surface area contributed by atoms with Crippen molar-refractivity contribution in [2.45, 2.75) is 11.8 Å². The molecule has 1 rings (SSSR count). The zero-order valence-electron chi connectivity index (χ0n) is 9.72. The van der Waals surface area contributed by atoms with Crippen LogP contribution < -0.4 is 9.64 Å². The molecule has 0 fully saturated rings. The van der Waals surface area contributed by atoms with E-state index in [-0.39, 0.29) is 5.91 Å². The summed E-state index contributed by atoms with van der Waals surface area (Å²) in [5.74, 6) is 0.451. The zero-order valence-corrected chi connectivity index (χ0v) is 11.3. The van der Waals surface area contributed by atoms with Gasteiger partial charge in [-0.05, 0) is 31.2 Å². The van der Waals surface area contributed by atoms with Crippen molar-refractivity contribution < 1.29 is 14.3 Å². The third kappa shape index (κ3) is 3.56. The molecule has 1 amide bonds. The van der Waals surface area contributed by atoms with Gasteiger partial charge in [0, 0.05) is 12.7 Å². The molecule has 0 saturated heterocycles. The van der Waals surface area contributed by atoms with Crippen LogP contribution in [0.15, 0.2) is 24.3 Å². The second-order valence-corrected chi connectivity index (χ2v) is 4.35. The van der Waals surface area contributed by atoms with Gasteiger partial charge in [0.25, 0.3) is 0 Å². The molecule has 1 aromatic carbocycles. The highest BCUT2D eigenvalue weighted by molar-refractivity contribution is 9.10. The molecule has 92 valence electrons. The fraction of sp³-hybridized carbons (Fsp3) is 0.333. The lowest BCUT2D eigenvalue weighted by Gasteiger charge is -2.18. The highest BCUT2D eigenvalue weighted by Crippen LogP contribution is 2.19. The summed E-state index contributed by atoms with van der Waals surface area (Å²) < 4.78 is 5.30. The smallest absolute Gasteiger partial charge is 0.247 e. The van der Waals surface area contributed by atoms with Gasteiger partial charge in [-0.15, -0.1) is 0 Å². The monoisotopic (exact) mass is 299 g/mol. The second-order valence-electron chi connectivity index (χ2n) is 3.36. The van der Waals surface area contributed by atoms with Crippen LogP contribution in [0.2, 0.25) is 0 Å². The van der Waals surface area contributed by atoms with E-state index >= 15 is 0 Å². The Kier molecular flexibility index (Phi) is 5.15. The van der Waals surface area contributed by atoms with Gasteiger partial charge in [0.15, 0.2) is 0 Å². The molecule has 0 saturated carbocycles. The summed E-state index contributed by atoms with van der Waals surface area (Å²) in [7, 11) is 1.62. The number of alkyl halides is 1. The van der Waals surface area contributed by atoms with Crippen molar-refractivity contribution in [3.05, 3.63) is 24.3 Å². The first kappa shape index (κ1) is 13.7. The average Bonchev–Trinajstić information content (AvgIpc) is 2.37. The van der Waals surface area contributed by atoms with E-state index < -0.39 is 4.83 Å². The van der Waals surface area contributed by atoms with Gasteiger partial charge in [-0.1, -0.05) is 15.9 Å². The van der Waals surface area contributed by atoms with Crippen LogP contribution in [0.4, 0.5) is 5.69 Å². The largest absolute Gasteiger partial charge is 0.494 e. The van der Waals surface area contributed by atoms with Crippen LogP contribution >= 0.6 is 15.9 Å². The van der Waals surface area contributed by atoms with E-state index in [1.807, 2.05) is 6.92 Å².